The first-order chi connectivity index (χ1) is 15.3. The van der Waals surface area contributed by atoms with Crippen LogP contribution in [0.4, 0.5) is 5.82 Å². The van der Waals surface area contributed by atoms with Gasteiger partial charge in [-0.15, -0.1) is 0 Å². The molecule has 0 aliphatic carbocycles. The van der Waals surface area contributed by atoms with Gasteiger partial charge < -0.3 is 10.6 Å². The zero-order valence-corrected chi connectivity index (χ0v) is 16.8. The molecule has 1 saturated heterocycles. The van der Waals surface area contributed by atoms with Gasteiger partial charge in [0, 0.05) is 18.4 Å². The van der Waals surface area contributed by atoms with Crippen molar-refractivity contribution in [3.8, 4) is 22.6 Å². The van der Waals surface area contributed by atoms with Crippen LogP contribution in [-0.4, -0.2) is 53.3 Å². The Morgan fingerprint density at radius 3 is 2.84 bits per heavy atom. The number of aromatic nitrogens is 7. The van der Waals surface area contributed by atoms with E-state index in [4.69, 9.17) is 10.1 Å². The molecule has 0 bridgehead atoms. The predicted octanol–water partition coefficient (Wildman–Crippen LogP) is 2.66. The summed E-state index contributed by atoms with van der Waals surface area (Å²) < 4.78 is 3.58. The van der Waals surface area contributed by atoms with Crippen LogP contribution in [0, 0.1) is 0 Å². The molecule has 0 radical (unpaired) electrons. The molecule has 0 saturated carbocycles. The van der Waals surface area contributed by atoms with Gasteiger partial charge in [0.15, 0.2) is 11.3 Å². The maximum atomic E-state index is 4.84. The van der Waals surface area contributed by atoms with Crippen molar-refractivity contribution in [2.24, 2.45) is 0 Å². The minimum absolute atomic E-state index is 0.444. The molecule has 1 fully saturated rings. The summed E-state index contributed by atoms with van der Waals surface area (Å²) in [5, 5.41) is 16.2. The number of hydrogen-bond donors (Lipinski definition) is 2. The van der Waals surface area contributed by atoms with Crippen LogP contribution in [0.15, 0.2) is 61.2 Å². The number of imidazole rings is 1. The highest BCUT2D eigenvalue weighted by Gasteiger charge is 2.16. The molecular formula is C22H21N9. The van der Waals surface area contributed by atoms with Gasteiger partial charge in [-0.05, 0) is 56.3 Å². The third kappa shape index (κ3) is 3.28. The molecule has 0 amide bonds. The Bertz CT molecular complexity index is 1360. The first-order valence-corrected chi connectivity index (χ1v) is 10.4. The van der Waals surface area contributed by atoms with E-state index in [9.17, 15) is 0 Å². The van der Waals surface area contributed by atoms with Crippen LogP contribution < -0.4 is 10.6 Å². The van der Waals surface area contributed by atoms with Crippen molar-refractivity contribution in [3.05, 3.63) is 61.2 Å². The summed E-state index contributed by atoms with van der Waals surface area (Å²) in [4.78, 5) is 13.8. The fourth-order valence-electron chi connectivity index (χ4n) is 4.03. The summed E-state index contributed by atoms with van der Waals surface area (Å²) in [6.45, 7) is 2.07. The van der Waals surface area contributed by atoms with Gasteiger partial charge in [0.05, 0.1) is 29.3 Å². The molecule has 154 valence electrons. The maximum Gasteiger partial charge on any atom is 0.164 e. The van der Waals surface area contributed by atoms with Gasteiger partial charge in [-0.2, -0.15) is 10.2 Å². The third-order valence-corrected chi connectivity index (χ3v) is 5.62. The molecule has 9 heteroatoms. The summed E-state index contributed by atoms with van der Waals surface area (Å²) in [5.41, 5.74) is 4.86. The van der Waals surface area contributed by atoms with Crippen LogP contribution in [0.3, 0.4) is 0 Å². The van der Waals surface area contributed by atoms with Crippen molar-refractivity contribution in [1.82, 2.24) is 39.5 Å². The number of nitrogens with one attached hydrogen (secondary N) is 2. The Labute approximate surface area is 178 Å². The Kier molecular flexibility index (Phi) is 4.31. The van der Waals surface area contributed by atoms with E-state index < -0.39 is 0 Å². The van der Waals surface area contributed by atoms with Crippen LogP contribution in [0.2, 0.25) is 0 Å². The van der Waals surface area contributed by atoms with E-state index in [0.29, 0.717) is 6.04 Å². The van der Waals surface area contributed by atoms with E-state index in [2.05, 4.69) is 25.7 Å². The number of fused-ring (bicyclic) bond motifs is 2. The van der Waals surface area contributed by atoms with E-state index in [1.54, 1.807) is 16.9 Å². The topological polar surface area (TPSA) is 97.3 Å². The molecule has 31 heavy (non-hydrogen) atoms. The summed E-state index contributed by atoms with van der Waals surface area (Å²) in [7, 11) is 0. The van der Waals surface area contributed by atoms with E-state index in [1.165, 1.54) is 0 Å². The number of rotatable bonds is 4. The van der Waals surface area contributed by atoms with Crippen LogP contribution in [-0.2, 0) is 0 Å². The molecule has 2 N–H and O–H groups in total. The van der Waals surface area contributed by atoms with Crippen LogP contribution >= 0.6 is 0 Å². The molecular weight excluding hydrogens is 390 g/mol. The quantitative estimate of drug-likeness (QED) is 0.469. The molecule has 1 aliphatic rings. The fraction of sp³-hybridized carbons (Fsp3) is 0.227. The second-order valence-corrected chi connectivity index (χ2v) is 7.65. The summed E-state index contributed by atoms with van der Waals surface area (Å²) >= 11 is 0. The molecule has 5 aromatic heterocycles. The molecule has 0 aromatic carbocycles. The van der Waals surface area contributed by atoms with Gasteiger partial charge in [0.1, 0.15) is 11.5 Å². The van der Waals surface area contributed by atoms with Crippen molar-refractivity contribution in [3.63, 3.8) is 0 Å². The molecule has 6 heterocycles. The maximum absolute atomic E-state index is 4.84. The van der Waals surface area contributed by atoms with Gasteiger partial charge >= 0.3 is 0 Å². The molecule has 9 nitrogen and oxygen atoms in total. The lowest BCUT2D eigenvalue weighted by molar-refractivity contribution is 0.478. The van der Waals surface area contributed by atoms with E-state index in [0.717, 1.165) is 65.7 Å². The zero-order valence-electron chi connectivity index (χ0n) is 16.8. The molecule has 1 aliphatic heterocycles. The Morgan fingerprint density at radius 1 is 0.968 bits per heavy atom. The highest BCUT2D eigenvalue weighted by Crippen LogP contribution is 2.25. The highest BCUT2D eigenvalue weighted by atomic mass is 15.3. The van der Waals surface area contributed by atoms with Gasteiger partial charge in [-0.25, -0.2) is 24.0 Å². The van der Waals surface area contributed by atoms with Gasteiger partial charge in [-0.1, -0.05) is 6.07 Å². The lowest BCUT2D eigenvalue weighted by Gasteiger charge is -2.24. The average Bonchev–Trinajstić information content (AvgIpc) is 3.44. The molecule has 0 atom stereocenters. The van der Waals surface area contributed by atoms with Crippen molar-refractivity contribution < 1.29 is 0 Å². The molecule has 5 aromatic rings. The minimum Gasteiger partial charge on any atom is -0.367 e. The number of hydrogen-bond acceptors (Lipinski definition) is 7. The van der Waals surface area contributed by atoms with Crippen molar-refractivity contribution in [1.29, 1.82) is 0 Å². The van der Waals surface area contributed by atoms with Gasteiger partial charge in [0.2, 0.25) is 0 Å². The summed E-state index contributed by atoms with van der Waals surface area (Å²) in [6.07, 6.45) is 9.43. The third-order valence-electron chi connectivity index (χ3n) is 5.62. The Morgan fingerprint density at radius 2 is 1.90 bits per heavy atom. The first kappa shape index (κ1) is 18.0. The second kappa shape index (κ2) is 7.44. The van der Waals surface area contributed by atoms with Crippen molar-refractivity contribution in [2.45, 2.75) is 18.9 Å². The number of pyridine rings is 1. The molecule has 0 unspecified atom stereocenters. The smallest absolute Gasteiger partial charge is 0.164 e. The highest BCUT2D eigenvalue weighted by molar-refractivity contribution is 5.75. The summed E-state index contributed by atoms with van der Waals surface area (Å²) in [6, 6.07) is 12.2. The van der Waals surface area contributed by atoms with E-state index >= 15 is 0 Å². The van der Waals surface area contributed by atoms with Crippen LogP contribution in [0.25, 0.3) is 33.9 Å². The van der Waals surface area contributed by atoms with Crippen molar-refractivity contribution >= 4 is 17.1 Å². The SMILES string of the molecule is c1cc(NC2CCNCC2)nc(-c2cnc3ccc(-c4cnn5cccnc45)nn23)c1. The first-order valence-electron chi connectivity index (χ1n) is 10.4. The van der Waals surface area contributed by atoms with E-state index in [-0.39, 0.29) is 0 Å². The predicted molar refractivity (Wildman–Crippen MR) is 118 cm³/mol. The minimum atomic E-state index is 0.444. The monoisotopic (exact) mass is 411 g/mol. The van der Waals surface area contributed by atoms with Gasteiger partial charge in [-0.3, -0.25) is 0 Å². The summed E-state index contributed by atoms with van der Waals surface area (Å²) in [5.74, 6) is 0.877. The van der Waals surface area contributed by atoms with Crippen LogP contribution in [0.1, 0.15) is 12.8 Å². The standard InChI is InChI=1S/C22H21N9/c1-3-18(28-20(4-1)27-15-7-10-23-11-8-15)19-14-25-21-6-5-17(29-31(19)21)16-13-26-30-12-2-9-24-22(16)30/h1-6,9,12-15,23H,7-8,10-11H2,(H,27,28). The lowest BCUT2D eigenvalue weighted by Crippen LogP contribution is -2.35. The lowest BCUT2D eigenvalue weighted by atomic mass is 10.1. The fourth-order valence-corrected chi connectivity index (χ4v) is 4.03. The Balaban J connectivity index is 1.38. The normalized spacial score (nSPS) is 15.0. The van der Waals surface area contributed by atoms with Crippen molar-refractivity contribution in [2.75, 3.05) is 18.4 Å². The Hall–Kier alpha value is -3.85. The number of nitrogens with zero attached hydrogens (tertiary/aromatic N) is 7. The second-order valence-electron chi connectivity index (χ2n) is 7.65. The van der Waals surface area contributed by atoms with E-state index in [1.807, 2.05) is 53.3 Å². The largest absolute Gasteiger partial charge is 0.367 e. The zero-order chi connectivity index (χ0) is 20.6. The van der Waals surface area contributed by atoms with Crippen LogP contribution in [0.5, 0.6) is 0 Å². The number of piperidine rings is 1. The molecule has 6 rings (SSSR count). The molecule has 0 spiro atoms. The number of anilines is 1. The average molecular weight is 411 g/mol. The van der Waals surface area contributed by atoms with Gasteiger partial charge in [0.25, 0.3) is 0 Å².